The highest BCUT2D eigenvalue weighted by molar-refractivity contribution is 7.83. The molecule has 1 aliphatic rings. The van der Waals surface area contributed by atoms with Crippen LogP contribution >= 0.6 is 11.6 Å². The van der Waals surface area contributed by atoms with Gasteiger partial charge in [0.05, 0.1) is 6.10 Å². The molecule has 30 heavy (non-hydrogen) atoms. The van der Waals surface area contributed by atoms with Gasteiger partial charge in [0.15, 0.2) is 0 Å². The van der Waals surface area contributed by atoms with Crippen molar-refractivity contribution in [3.05, 3.63) is 41.9 Å². The quantitative estimate of drug-likeness (QED) is 0.237. The highest BCUT2D eigenvalue weighted by Crippen LogP contribution is 2.25. The van der Waals surface area contributed by atoms with Gasteiger partial charge in [-0.15, -0.1) is 6.58 Å². The fourth-order valence-corrected chi connectivity index (χ4v) is 3.99. The van der Waals surface area contributed by atoms with Crippen LogP contribution in [-0.4, -0.2) is 68.1 Å². The Bertz CT molecular complexity index is 686. The first-order valence-corrected chi connectivity index (χ1v) is 12.0. The van der Waals surface area contributed by atoms with Gasteiger partial charge in [-0.05, 0) is 76.4 Å². The third-order valence-corrected chi connectivity index (χ3v) is 6.40. The maximum atomic E-state index is 11.1. The zero-order valence-electron chi connectivity index (χ0n) is 18.0. The van der Waals surface area contributed by atoms with Crippen molar-refractivity contribution in [3.8, 4) is 0 Å². The van der Waals surface area contributed by atoms with Gasteiger partial charge >= 0.3 is 10.3 Å². The molecule has 0 aliphatic heterocycles. The van der Waals surface area contributed by atoms with Crippen molar-refractivity contribution in [3.63, 3.8) is 0 Å². The first-order valence-electron chi connectivity index (χ1n) is 10.3. The molecule has 0 radical (unpaired) electrons. The number of anilines is 1. The lowest BCUT2D eigenvalue weighted by Crippen LogP contribution is -2.40. The number of ether oxygens (including phenoxy) is 1. The molecule has 2 rings (SSSR count). The Morgan fingerprint density at radius 1 is 1.20 bits per heavy atom. The fourth-order valence-electron chi connectivity index (χ4n) is 3.27. The molecule has 0 unspecified atom stereocenters. The maximum absolute atomic E-state index is 11.1. The summed E-state index contributed by atoms with van der Waals surface area (Å²) in [6.45, 7) is 6.42. The molecule has 1 fully saturated rings. The highest BCUT2D eigenvalue weighted by atomic mass is 35.5. The smallest absolute Gasteiger partial charge is 0.335 e. The van der Waals surface area contributed by atoms with Crippen LogP contribution in [0, 0.1) is 0 Å². The molecule has 9 heteroatoms. The van der Waals surface area contributed by atoms with Gasteiger partial charge in [0, 0.05) is 37.0 Å². The first kappa shape index (κ1) is 26.9. The van der Waals surface area contributed by atoms with E-state index in [0.29, 0.717) is 0 Å². The zero-order chi connectivity index (χ0) is 22.6. The molecule has 1 saturated carbocycles. The SMILES string of the molecule is C=CCN(C)CCCCO[C@H]1CC[C@H](N(C)S(=O)(=O)O)CC1.Nc1ccc(Cl)cc1. The van der Waals surface area contributed by atoms with Crippen LogP contribution in [0.15, 0.2) is 36.9 Å². The van der Waals surface area contributed by atoms with E-state index in [1.807, 2.05) is 6.08 Å². The standard InChI is InChI=1S/C15H30N2O4S.C6H6ClN/c1-4-11-16(2)12-5-6-13-21-15-9-7-14(8-10-15)17(3)22(18,19)20;7-5-1-3-6(8)4-2-5/h4,14-15H,1,5-13H2,2-3H3,(H,18,19,20);1-4H,8H2/t14-,15-;. The molecule has 0 saturated heterocycles. The lowest BCUT2D eigenvalue weighted by Gasteiger charge is -2.32. The second kappa shape index (κ2) is 14.0. The highest BCUT2D eigenvalue weighted by Gasteiger charge is 2.29. The largest absolute Gasteiger partial charge is 0.399 e. The summed E-state index contributed by atoms with van der Waals surface area (Å²) in [7, 11) is -0.566. The van der Waals surface area contributed by atoms with Crippen LogP contribution in [0.25, 0.3) is 0 Å². The van der Waals surface area contributed by atoms with Crippen molar-refractivity contribution in [2.75, 3.05) is 39.5 Å². The van der Waals surface area contributed by atoms with Crippen LogP contribution in [0.2, 0.25) is 5.02 Å². The predicted octanol–water partition coefficient (Wildman–Crippen LogP) is 3.87. The zero-order valence-corrected chi connectivity index (χ0v) is 19.6. The van der Waals surface area contributed by atoms with Crippen molar-refractivity contribution in [1.29, 1.82) is 0 Å². The molecule has 0 bridgehead atoms. The number of nitrogens with two attached hydrogens (primary N) is 1. The molecular weight excluding hydrogens is 426 g/mol. The molecule has 0 atom stereocenters. The average molecular weight is 462 g/mol. The van der Waals surface area contributed by atoms with E-state index in [2.05, 4.69) is 18.5 Å². The minimum atomic E-state index is -4.08. The van der Waals surface area contributed by atoms with Crippen LogP contribution in [-0.2, 0) is 15.0 Å². The van der Waals surface area contributed by atoms with E-state index in [0.717, 1.165) is 73.2 Å². The molecular formula is C21H36ClN3O4S. The van der Waals surface area contributed by atoms with E-state index < -0.39 is 10.3 Å². The van der Waals surface area contributed by atoms with Crippen LogP contribution < -0.4 is 5.73 Å². The Kier molecular flexibility index (Phi) is 12.5. The predicted molar refractivity (Wildman–Crippen MR) is 124 cm³/mol. The van der Waals surface area contributed by atoms with Gasteiger partial charge < -0.3 is 15.4 Å². The third-order valence-electron chi connectivity index (χ3n) is 5.12. The number of nitrogens with zero attached hydrogens (tertiary/aromatic N) is 2. The number of rotatable bonds is 10. The van der Waals surface area contributed by atoms with Crippen molar-refractivity contribution < 1.29 is 17.7 Å². The summed E-state index contributed by atoms with van der Waals surface area (Å²) >= 11 is 5.56. The molecule has 7 nitrogen and oxygen atoms in total. The first-order chi connectivity index (χ1) is 14.1. The van der Waals surface area contributed by atoms with Crippen LogP contribution in [0.5, 0.6) is 0 Å². The number of hydrogen-bond acceptors (Lipinski definition) is 5. The lowest BCUT2D eigenvalue weighted by molar-refractivity contribution is 0.0147. The molecule has 0 aromatic heterocycles. The maximum Gasteiger partial charge on any atom is 0.335 e. The fraction of sp³-hybridized carbons (Fsp3) is 0.619. The minimum Gasteiger partial charge on any atom is -0.399 e. The second-order valence-corrected chi connectivity index (χ2v) is 9.51. The van der Waals surface area contributed by atoms with Crippen molar-refractivity contribution in [2.24, 2.45) is 0 Å². The summed E-state index contributed by atoms with van der Waals surface area (Å²) in [5.74, 6) is 0. The summed E-state index contributed by atoms with van der Waals surface area (Å²) in [5.41, 5.74) is 6.11. The van der Waals surface area contributed by atoms with Gasteiger partial charge in [-0.1, -0.05) is 17.7 Å². The summed E-state index contributed by atoms with van der Waals surface area (Å²) < 4.78 is 38.2. The van der Waals surface area contributed by atoms with E-state index in [1.54, 1.807) is 24.3 Å². The minimum absolute atomic E-state index is 0.109. The molecule has 1 aliphatic carbocycles. The summed E-state index contributed by atoms with van der Waals surface area (Å²) in [4.78, 5) is 2.23. The topological polar surface area (TPSA) is 96.1 Å². The summed E-state index contributed by atoms with van der Waals surface area (Å²) in [6.07, 6.45) is 7.43. The number of halogens is 1. The Labute approximate surface area is 186 Å². The van der Waals surface area contributed by atoms with E-state index in [4.69, 9.17) is 26.6 Å². The van der Waals surface area contributed by atoms with Crippen molar-refractivity contribution in [2.45, 2.75) is 50.7 Å². The molecule has 3 N–H and O–H groups in total. The number of likely N-dealkylation sites (N-methyl/N-ethyl adjacent to an activating group) is 1. The monoisotopic (exact) mass is 461 g/mol. The van der Waals surface area contributed by atoms with Gasteiger partial charge in [-0.2, -0.15) is 12.7 Å². The average Bonchev–Trinajstić information content (AvgIpc) is 2.70. The number of unbranched alkanes of at least 4 members (excludes halogenated alkanes) is 1. The van der Waals surface area contributed by atoms with Crippen LogP contribution in [0.1, 0.15) is 38.5 Å². The molecule has 0 spiro atoms. The van der Waals surface area contributed by atoms with Gasteiger partial charge in [-0.25, -0.2) is 0 Å². The van der Waals surface area contributed by atoms with Crippen molar-refractivity contribution >= 4 is 27.6 Å². The van der Waals surface area contributed by atoms with Crippen LogP contribution in [0.4, 0.5) is 5.69 Å². The number of benzene rings is 1. The van der Waals surface area contributed by atoms with E-state index in [9.17, 15) is 8.42 Å². The molecule has 0 heterocycles. The molecule has 1 aromatic rings. The molecule has 1 aromatic carbocycles. The molecule has 172 valence electrons. The van der Waals surface area contributed by atoms with Gasteiger partial charge in [0.2, 0.25) is 0 Å². The lowest BCUT2D eigenvalue weighted by atomic mass is 9.93. The Morgan fingerprint density at radius 2 is 1.80 bits per heavy atom. The van der Waals surface area contributed by atoms with E-state index in [1.165, 1.54) is 7.05 Å². The third kappa shape index (κ3) is 11.3. The van der Waals surface area contributed by atoms with Crippen molar-refractivity contribution in [1.82, 2.24) is 9.21 Å². The molecule has 0 amide bonds. The number of hydrogen-bond donors (Lipinski definition) is 2. The summed E-state index contributed by atoms with van der Waals surface area (Å²) in [5, 5.41) is 0.721. The second-order valence-electron chi connectivity index (χ2n) is 7.60. The normalized spacial score (nSPS) is 19.4. The van der Waals surface area contributed by atoms with E-state index >= 15 is 0 Å². The van der Waals surface area contributed by atoms with Crippen LogP contribution in [0.3, 0.4) is 0 Å². The Morgan fingerprint density at radius 3 is 2.30 bits per heavy atom. The van der Waals surface area contributed by atoms with E-state index in [-0.39, 0.29) is 12.1 Å². The van der Waals surface area contributed by atoms with Gasteiger partial charge in [0.25, 0.3) is 0 Å². The van der Waals surface area contributed by atoms with Gasteiger partial charge in [0.1, 0.15) is 0 Å². The Hall–Kier alpha value is -1.16. The Balaban J connectivity index is 0.000000467. The van der Waals surface area contributed by atoms with Gasteiger partial charge in [-0.3, -0.25) is 4.55 Å². The number of nitrogen functional groups attached to an aromatic ring is 1. The summed E-state index contributed by atoms with van der Waals surface area (Å²) in [6, 6.07) is 6.95.